The summed E-state index contributed by atoms with van der Waals surface area (Å²) in [5, 5.41) is 4.00. The Kier molecular flexibility index (Phi) is 8.90. The summed E-state index contributed by atoms with van der Waals surface area (Å²) in [4.78, 5) is 21.7. The second-order valence-corrected chi connectivity index (χ2v) is 9.03. The van der Waals surface area contributed by atoms with Crippen molar-refractivity contribution in [3.63, 3.8) is 0 Å². The van der Waals surface area contributed by atoms with Crippen molar-refractivity contribution in [2.24, 2.45) is 5.92 Å². The van der Waals surface area contributed by atoms with Crippen molar-refractivity contribution in [1.82, 2.24) is 15.3 Å². The van der Waals surface area contributed by atoms with E-state index < -0.39 is 0 Å². The number of unbranched alkanes of at least 4 members (excludes halogenated alkanes) is 1. The normalized spacial score (nSPS) is 15.7. The zero-order valence-corrected chi connectivity index (χ0v) is 20.7. The largest absolute Gasteiger partial charge is 0.493 e. The lowest BCUT2D eigenvalue weighted by atomic mass is 9.99. The molecule has 3 heterocycles. The predicted octanol–water partition coefficient (Wildman–Crippen LogP) is 5.24. The molecule has 0 saturated carbocycles. The van der Waals surface area contributed by atoms with Crippen LogP contribution in [0.2, 0.25) is 0 Å². The lowest BCUT2D eigenvalue weighted by molar-refractivity contribution is 0.0514. The molecule has 1 aliphatic rings. The summed E-state index contributed by atoms with van der Waals surface area (Å²) in [5.74, 6) is 1.64. The van der Waals surface area contributed by atoms with Crippen molar-refractivity contribution in [1.29, 1.82) is 0 Å². The minimum Gasteiger partial charge on any atom is -0.493 e. The number of pyridine rings is 2. The van der Waals surface area contributed by atoms with E-state index in [1.165, 1.54) is 0 Å². The second-order valence-electron chi connectivity index (χ2n) is 9.03. The van der Waals surface area contributed by atoms with Gasteiger partial charge >= 0.3 is 0 Å². The Balaban J connectivity index is 1.40. The van der Waals surface area contributed by atoms with Crippen LogP contribution < -0.4 is 14.8 Å². The van der Waals surface area contributed by atoms with E-state index in [-0.39, 0.29) is 12.5 Å². The van der Waals surface area contributed by atoms with E-state index in [9.17, 15) is 4.79 Å². The Morgan fingerprint density at radius 1 is 1.23 bits per heavy atom. The standard InChI is InChI=1S/C28H35N3O4/c1-3-4-16-34-27-20(2)25(31-24-10-6-5-9-23(24)27)19-35-26-17-22(12-14-29-26)28(32)30-13-11-21-8-7-15-33-18-21/h5-6,9-10,12,14,17,21H,3-4,7-8,11,13,15-16,18-19H2,1-2H3,(H,30,32). The lowest BCUT2D eigenvalue weighted by Crippen LogP contribution is -2.28. The van der Waals surface area contributed by atoms with Crippen LogP contribution in [0.25, 0.3) is 10.9 Å². The number of carbonyl (C=O) groups is 1. The number of rotatable bonds is 11. The molecule has 35 heavy (non-hydrogen) atoms. The minimum absolute atomic E-state index is 0.124. The number of benzene rings is 1. The number of hydrogen-bond acceptors (Lipinski definition) is 6. The number of aromatic nitrogens is 2. The molecule has 3 aromatic rings. The number of hydrogen-bond donors (Lipinski definition) is 1. The average molecular weight is 478 g/mol. The van der Waals surface area contributed by atoms with Gasteiger partial charge in [-0.15, -0.1) is 0 Å². The van der Waals surface area contributed by atoms with E-state index in [2.05, 4.69) is 17.2 Å². The van der Waals surface area contributed by atoms with Crippen LogP contribution in [0.3, 0.4) is 0 Å². The van der Waals surface area contributed by atoms with Crippen LogP contribution in [0.15, 0.2) is 42.6 Å². The van der Waals surface area contributed by atoms with Crippen molar-refractivity contribution in [2.75, 3.05) is 26.4 Å². The summed E-state index contributed by atoms with van der Waals surface area (Å²) in [6.45, 7) is 7.33. The van der Waals surface area contributed by atoms with Crippen LogP contribution in [0, 0.1) is 12.8 Å². The van der Waals surface area contributed by atoms with E-state index >= 15 is 0 Å². The molecule has 1 aromatic carbocycles. The number of nitrogens with one attached hydrogen (secondary N) is 1. The van der Waals surface area contributed by atoms with E-state index in [4.69, 9.17) is 19.2 Å². The molecule has 0 aliphatic carbocycles. The first-order valence-corrected chi connectivity index (χ1v) is 12.6. The van der Waals surface area contributed by atoms with Crippen LogP contribution in [-0.4, -0.2) is 42.2 Å². The fourth-order valence-corrected chi connectivity index (χ4v) is 4.27. The van der Waals surface area contributed by atoms with Gasteiger partial charge in [-0.2, -0.15) is 0 Å². The third kappa shape index (κ3) is 6.69. The van der Waals surface area contributed by atoms with Crippen LogP contribution >= 0.6 is 0 Å². The zero-order chi connectivity index (χ0) is 24.5. The molecule has 0 spiro atoms. The summed E-state index contributed by atoms with van der Waals surface area (Å²) < 4.78 is 17.6. The van der Waals surface area contributed by atoms with Crippen molar-refractivity contribution in [2.45, 2.75) is 52.6 Å². The Morgan fingerprint density at radius 2 is 2.11 bits per heavy atom. The first kappa shape index (κ1) is 24.9. The number of para-hydroxylation sites is 1. The second kappa shape index (κ2) is 12.5. The van der Waals surface area contributed by atoms with Crippen molar-refractivity contribution in [3.8, 4) is 11.6 Å². The molecule has 0 radical (unpaired) electrons. The molecule has 1 aliphatic heterocycles. The maximum atomic E-state index is 12.6. The van der Waals surface area contributed by atoms with Gasteiger partial charge in [0.15, 0.2) is 0 Å². The first-order valence-electron chi connectivity index (χ1n) is 12.6. The van der Waals surface area contributed by atoms with Gasteiger partial charge in [0.05, 0.1) is 17.8 Å². The molecule has 7 heteroatoms. The number of carbonyl (C=O) groups excluding carboxylic acids is 1. The number of nitrogens with zero attached hydrogens (tertiary/aromatic N) is 2. The summed E-state index contributed by atoms with van der Waals surface area (Å²) >= 11 is 0. The Morgan fingerprint density at radius 3 is 2.94 bits per heavy atom. The predicted molar refractivity (Wildman–Crippen MR) is 136 cm³/mol. The highest BCUT2D eigenvalue weighted by molar-refractivity contribution is 5.94. The van der Waals surface area contributed by atoms with E-state index in [1.807, 2.05) is 31.2 Å². The molecule has 1 atom stereocenters. The van der Waals surface area contributed by atoms with Gasteiger partial charge in [-0.05, 0) is 56.7 Å². The highest BCUT2D eigenvalue weighted by Crippen LogP contribution is 2.31. The maximum Gasteiger partial charge on any atom is 0.251 e. The molecule has 1 fully saturated rings. The van der Waals surface area contributed by atoms with Gasteiger partial charge in [0.2, 0.25) is 5.88 Å². The summed E-state index contributed by atoms with van der Waals surface area (Å²) in [6, 6.07) is 11.4. The molecule has 1 N–H and O–H groups in total. The van der Waals surface area contributed by atoms with Crippen molar-refractivity contribution >= 4 is 16.8 Å². The quantitative estimate of drug-likeness (QED) is 0.380. The van der Waals surface area contributed by atoms with E-state index in [0.29, 0.717) is 30.5 Å². The third-order valence-electron chi connectivity index (χ3n) is 6.37. The number of amides is 1. The molecule has 1 amide bonds. The smallest absolute Gasteiger partial charge is 0.251 e. The van der Waals surface area contributed by atoms with Crippen LogP contribution in [0.4, 0.5) is 0 Å². The minimum atomic E-state index is -0.124. The molecule has 186 valence electrons. The summed E-state index contributed by atoms with van der Waals surface area (Å²) in [5.41, 5.74) is 3.15. The molecule has 7 nitrogen and oxygen atoms in total. The van der Waals surface area contributed by atoms with Gasteiger partial charge < -0.3 is 19.5 Å². The molecule has 1 saturated heterocycles. The maximum absolute atomic E-state index is 12.6. The molecule has 4 rings (SSSR count). The molecule has 2 aromatic heterocycles. The zero-order valence-electron chi connectivity index (χ0n) is 20.7. The van der Waals surface area contributed by atoms with Gasteiger partial charge in [-0.3, -0.25) is 4.79 Å². The Hall–Kier alpha value is -3.19. The fourth-order valence-electron chi connectivity index (χ4n) is 4.27. The Labute approximate surface area is 207 Å². The summed E-state index contributed by atoms with van der Waals surface area (Å²) in [7, 11) is 0. The van der Waals surface area contributed by atoms with Gasteiger partial charge in [0, 0.05) is 48.5 Å². The van der Waals surface area contributed by atoms with E-state index in [0.717, 1.165) is 73.2 Å². The van der Waals surface area contributed by atoms with Gasteiger partial charge in [0.1, 0.15) is 12.4 Å². The number of fused-ring (bicyclic) bond motifs is 1. The molecular formula is C28H35N3O4. The highest BCUT2D eigenvalue weighted by Gasteiger charge is 2.16. The molecular weight excluding hydrogens is 442 g/mol. The average Bonchev–Trinajstić information content (AvgIpc) is 2.89. The third-order valence-corrected chi connectivity index (χ3v) is 6.37. The monoisotopic (exact) mass is 477 g/mol. The van der Waals surface area contributed by atoms with Gasteiger partial charge in [-0.1, -0.05) is 25.5 Å². The first-order chi connectivity index (χ1) is 17.2. The van der Waals surface area contributed by atoms with Crippen molar-refractivity contribution < 1.29 is 19.0 Å². The van der Waals surface area contributed by atoms with Gasteiger partial charge in [0.25, 0.3) is 5.91 Å². The van der Waals surface area contributed by atoms with Crippen molar-refractivity contribution in [3.05, 3.63) is 59.4 Å². The van der Waals surface area contributed by atoms with Gasteiger partial charge in [-0.25, -0.2) is 9.97 Å². The summed E-state index contributed by atoms with van der Waals surface area (Å²) in [6.07, 6.45) is 6.85. The number of ether oxygens (including phenoxy) is 3. The SMILES string of the molecule is CCCCOc1c(C)c(COc2cc(C(=O)NCCC3CCCOC3)ccn2)nc2ccccc12. The van der Waals surface area contributed by atoms with Crippen LogP contribution in [0.1, 0.15) is 60.6 Å². The Bertz CT molecular complexity index is 1130. The van der Waals surface area contributed by atoms with Crippen LogP contribution in [0.5, 0.6) is 11.6 Å². The fraction of sp³-hybridized carbons (Fsp3) is 0.464. The van der Waals surface area contributed by atoms with E-state index in [1.54, 1.807) is 18.3 Å². The highest BCUT2D eigenvalue weighted by atomic mass is 16.5. The topological polar surface area (TPSA) is 82.6 Å². The lowest BCUT2D eigenvalue weighted by Gasteiger charge is -2.21. The molecule has 0 bridgehead atoms. The molecule has 1 unspecified atom stereocenters. The van der Waals surface area contributed by atoms with Crippen LogP contribution in [-0.2, 0) is 11.3 Å².